The van der Waals surface area contributed by atoms with Gasteiger partial charge in [-0.3, -0.25) is 9.69 Å². The molecular formula is C15H21ClN4O. The van der Waals surface area contributed by atoms with Gasteiger partial charge in [-0.25, -0.2) is 9.97 Å². The maximum atomic E-state index is 12.5. The zero-order valence-electron chi connectivity index (χ0n) is 12.5. The van der Waals surface area contributed by atoms with Gasteiger partial charge in [0, 0.05) is 24.5 Å². The van der Waals surface area contributed by atoms with Gasteiger partial charge in [0.05, 0.1) is 11.2 Å². The molecule has 0 aromatic carbocycles. The van der Waals surface area contributed by atoms with E-state index < -0.39 is 0 Å². The van der Waals surface area contributed by atoms with Crippen LogP contribution in [0.2, 0.25) is 5.02 Å². The lowest BCUT2D eigenvalue weighted by atomic mass is 10.1. The largest absolute Gasteiger partial charge is 0.346 e. The first-order valence-corrected chi connectivity index (χ1v) is 8.01. The zero-order valence-corrected chi connectivity index (χ0v) is 13.2. The van der Waals surface area contributed by atoms with Crippen LogP contribution in [0.5, 0.6) is 0 Å². The molecule has 2 fully saturated rings. The molecule has 2 aliphatic heterocycles. The van der Waals surface area contributed by atoms with Crippen LogP contribution >= 0.6 is 11.6 Å². The molecule has 0 radical (unpaired) electrons. The number of nitrogens with zero attached hydrogens (tertiary/aromatic N) is 3. The van der Waals surface area contributed by atoms with Crippen LogP contribution in [0.4, 0.5) is 0 Å². The minimum Gasteiger partial charge on any atom is -0.346 e. The Bertz CT molecular complexity index is 548. The molecule has 2 atom stereocenters. The molecule has 0 spiro atoms. The van der Waals surface area contributed by atoms with Crippen molar-refractivity contribution in [3.05, 3.63) is 22.7 Å². The van der Waals surface area contributed by atoms with Gasteiger partial charge in [-0.1, -0.05) is 25.4 Å². The molecule has 0 saturated carbocycles. The molecule has 2 aliphatic rings. The topological polar surface area (TPSA) is 58.1 Å². The summed E-state index contributed by atoms with van der Waals surface area (Å²) in [4.78, 5) is 23.5. The molecule has 1 aromatic heterocycles. The second-order valence-corrected chi connectivity index (χ2v) is 6.60. The van der Waals surface area contributed by atoms with E-state index in [4.69, 9.17) is 11.6 Å². The number of amides is 1. The number of nitrogens with one attached hydrogen (secondary N) is 1. The zero-order chi connectivity index (χ0) is 15.0. The molecule has 5 nitrogen and oxygen atoms in total. The van der Waals surface area contributed by atoms with Crippen LogP contribution in [-0.4, -0.2) is 45.9 Å². The number of halogens is 1. The third-order valence-corrected chi connectivity index (χ3v) is 4.69. The van der Waals surface area contributed by atoms with Gasteiger partial charge in [-0.2, -0.15) is 0 Å². The van der Waals surface area contributed by atoms with E-state index in [0.717, 1.165) is 19.5 Å². The van der Waals surface area contributed by atoms with Crippen LogP contribution in [-0.2, 0) is 0 Å². The van der Waals surface area contributed by atoms with Crippen molar-refractivity contribution < 1.29 is 4.79 Å². The van der Waals surface area contributed by atoms with Gasteiger partial charge < -0.3 is 5.32 Å². The van der Waals surface area contributed by atoms with Gasteiger partial charge in [0.2, 0.25) is 0 Å². The highest BCUT2D eigenvalue weighted by Crippen LogP contribution is 2.28. The fraction of sp³-hybridized carbons (Fsp3) is 0.667. The van der Waals surface area contributed by atoms with Gasteiger partial charge in [0.25, 0.3) is 5.91 Å². The smallest absolute Gasteiger partial charge is 0.271 e. The van der Waals surface area contributed by atoms with Crippen molar-refractivity contribution in [2.45, 2.75) is 51.1 Å². The molecule has 3 heterocycles. The average Bonchev–Trinajstić information content (AvgIpc) is 3.04. The quantitative estimate of drug-likeness (QED) is 0.930. The van der Waals surface area contributed by atoms with E-state index in [9.17, 15) is 4.79 Å². The lowest BCUT2D eigenvalue weighted by molar-refractivity contribution is 0.0924. The summed E-state index contributed by atoms with van der Waals surface area (Å²) in [6.07, 6.45) is 4.92. The maximum absolute atomic E-state index is 12.5. The Morgan fingerprint density at radius 1 is 1.43 bits per heavy atom. The fourth-order valence-corrected chi connectivity index (χ4v) is 3.48. The molecule has 21 heavy (non-hydrogen) atoms. The number of carbonyl (C=O) groups excluding carboxylic acids is 1. The van der Waals surface area contributed by atoms with E-state index in [1.165, 1.54) is 19.0 Å². The van der Waals surface area contributed by atoms with Crippen molar-refractivity contribution >= 4 is 17.5 Å². The van der Waals surface area contributed by atoms with Gasteiger partial charge in [-0.15, -0.1) is 0 Å². The first kappa shape index (κ1) is 14.7. The number of aromatic nitrogens is 2. The summed E-state index contributed by atoms with van der Waals surface area (Å²) in [5.74, 6) is 0.645. The Hall–Kier alpha value is -1.20. The minimum atomic E-state index is -0.178. The van der Waals surface area contributed by atoms with Crippen LogP contribution in [0, 0.1) is 0 Å². The number of rotatable bonds is 3. The van der Waals surface area contributed by atoms with Crippen molar-refractivity contribution in [2.75, 3.05) is 13.1 Å². The molecule has 0 bridgehead atoms. The van der Waals surface area contributed by atoms with E-state index in [0.29, 0.717) is 22.6 Å². The predicted octanol–water partition coefficient (Wildman–Crippen LogP) is 2.22. The summed E-state index contributed by atoms with van der Waals surface area (Å²) in [5, 5.41) is 3.44. The van der Waals surface area contributed by atoms with Gasteiger partial charge in [-0.05, 0) is 25.8 Å². The van der Waals surface area contributed by atoms with Crippen LogP contribution < -0.4 is 5.32 Å². The van der Waals surface area contributed by atoms with Crippen LogP contribution in [0.25, 0.3) is 0 Å². The Morgan fingerprint density at radius 3 is 3.00 bits per heavy atom. The Kier molecular flexibility index (Phi) is 4.13. The molecular weight excluding hydrogens is 288 g/mol. The standard InChI is InChI=1S/C15H21ClN4O/c1-9(2)14-17-8-10(16)13(19-14)15(21)18-11-5-7-20-6-3-4-12(11)20/h8-9,11-12H,3-7H2,1-2H3,(H,18,21). The Balaban J connectivity index is 1.74. The average molecular weight is 309 g/mol. The van der Waals surface area contributed by atoms with Crippen molar-refractivity contribution in [3.8, 4) is 0 Å². The number of hydrogen-bond donors (Lipinski definition) is 1. The molecule has 2 saturated heterocycles. The van der Waals surface area contributed by atoms with Gasteiger partial charge in [0.1, 0.15) is 11.5 Å². The second-order valence-electron chi connectivity index (χ2n) is 6.19. The lowest BCUT2D eigenvalue weighted by Crippen LogP contribution is -2.42. The summed E-state index contributed by atoms with van der Waals surface area (Å²) in [6.45, 7) is 6.23. The second kappa shape index (κ2) is 5.89. The molecule has 114 valence electrons. The lowest BCUT2D eigenvalue weighted by Gasteiger charge is -2.21. The third-order valence-electron chi connectivity index (χ3n) is 4.42. The van der Waals surface area contributed by atoms with Crippen molar-refractivity contribution in [2.24, 2.45) is 0 Å². The monoisotopic (exact) mass is 308 g/mol. The summed E-state index contributed by atoms with van der Waals surface area (Å²) in [5.41, 5.74) is 0.298. The summed E-state index contributed by atoms with van der Waals surface area (Å²) >= 11 is 6.10. The molecule has 0 aliphatic carbocycles. The highest BCUT2D eigenvalue weighted by molar-refractivity contribution is 6.33. The molecule has 1 amide bonds. The van der Waals surface area contributed by atoms with E-state index in [-0.39, 0.29) is 17.9 Å². The predicted molar refractivity (Wildman–Crippen MR) is 81.6 cm³/mol. The van der Waals surface area contributed by atoms with E-state index in [1.54, 1.807) is 0 Å². The van der Waals surface area contributed by atoms with E-state index in [1.807, 2.05) is 13.8 Å². The summed E-state index contributed by atoms with van der Waals surface area (Å²) < 4.78 is 0. The SMILES string of the molecule is CC(C)c1ncc(Cl)c(C(=O)NC2CCN3CCCC23)n1. The van der Waals surface area contributed by atoms with Gasteiger partial charge in [0.15, 0.2) is 0 Å². The number of carbonyl (C=O) groups is 1. The highest BCUT2D eigenvalue weighted by atomic mass is 35.5. The van der Waals surface area contributed by atoms with Crippen molar-refractivity contribution in [1.29, 1.82) is 0 Å². The van der Waals surface area contributed by atoms with Crippen LogP contribution in [0.1, 0.15) is 55.3 Å². The molecule has 1 N–H and O–H groups in total. The van der Waals surface area contributed by atoms with Crippen molar-refractivity contribution in [1.82, 2.24) is 20.2 Å². The highest BCUT2D eigenvalue weighted by Gasteiger charge is 2.38. The summed E-state index contributed by atoms with van der Waals surface area (Å²) in [6, 6.07) is 0.702. The van der Waals surface area contributed by atoms with Crippen molar-refractivity contribution in [3.63, 3.8) is 0 Å². The maximum Gasteiger partial charge on any atom is 0.271 e. The van der Waals surface area contributed by atoms with Gasteiger partial charge >= 0.3 is 0 Å². The minimum absolute atomic E-state index is 0.172. The third kappa shape index (κ3) is 2.90. The molecule has 1 aromatic rings. The number of fused-ring (bicyclic) bond motifs is 1. The molecule has 6 heteroatoms. The normalized spacial score (nSPS) is 25.3. The van der Waals surface area contributed by atoms with E-state index in [2.05, 4.69) is 20.2 Å². The summed E-state index contributed by atoms with van der Waals surface area (Å²) in [7, 11) is 0. The van der Waals surface area contributed by atoms with Crippen LogP contribution in [0.3, 0.4) is 0 Å². The van der Waals surface area contributed by atoms with E-state index >= 15 is 0 Å². The van der Waals surface area contributed by atoms with Crippen LogP contribution in [0.15, 0.2) is 6.20 Å². The fourth-order valence-electron chi connectivity index (χ4n) is 3.31. The Morgan fingerprint density at radius 2 is 2.24 bits per heavy atom. The molecule has 3 rings (SSSR count). The number of hydrogen-bond acceptors (Lipinski definition) is 4. The Labute approximate surface area is 130 Å². The first-order valence-electron chi connectivity index (χ1n) is 7.63. The first-order chi connectivity index (χ1) is 10.1. The molecule has 2 unspecified atom stereocenters.